The third kappa shape index (κ3) is 3.07. The first-order valence-corrected chi connectivity index (χ1v) is 7.79. The van der Waals surface area contributed by atoms with Crippen molar-refractivity contribution in [1.82, 2.24) is 19.9 Å². The summed E-state index contributed by atoms with van der Waals surface area (Å²) in [5, 5.41) is 2.78. The molecule has 7 heteroatoms. The van der Waals surface area contributed by atoms with Crippen LogP contribution < -0.4 is 9.72 Å². The van der Waals surface area contributed by atoms with Crippen LogP contribution in [0.15, 0.2) is 67.5 Å². The van der Waals surface area contributed by atoms with Gasteiger partial charge in [-0.15, -0.1) is 0 Å². The van der Waals surface area contributed by atoms with Crippen LogP contribution in [0, 0.1) is 0 Å². The Morgan fingerprint density at radius 1 is 1.08 bits per heavy atom. The first-order chi connectivity index (χ1) is 12.3. The maximum absolute atomic E-state index is 12.7. The van der Waals surface area contributed by atoms with E-state index in [0.717, 1.165) is 16.9 Å². The first-order valence-electron chi connectivity index (χ1n) is 7.79. The number of aromatic amines is 1. The molecule has 4 aromatic heterocycles. The highest BCUT2D eigenvalue weighted by Gasteiger charge is 2.24. The number of nitrogens with one attached hydrogen (secondary N) is 2. The minimum Gasteiger partial charge on any atom is -0.303 e. The lowest BCUT2D eigenvalue weighted by atomic mass is 10.2. The summed E-state index contributed by atoms with van der Waals surface area (Å²) in [5.41, 5.74) is 2.40. The van der Waals surface area contributed by atoms with Gasteiger partial charge in [0.05, 0.1) is 12.6 Å². The van der Waals surface area contributed by atoms with Gasteiger partial charge in [0.25, 0.3) is 5.82 Å². The van der Waals surface area contributed by atoms with Gasteiger partial charge in [-0.25, -0.2) is 15.0 Å². The van der Waals surface area contributed by atoms with Crippen molar-refractivity contribution >= 4 is 17.2 Å². The van der Waals surface area contributed by atoms with Crippen molar-refractivity contribution in [2.45, 2.75) is 6.42 Å². The molecule has 0 bridgehead atoms. The Morgan fingerprint density at radius 2 is 1.92 bits per heavy atom. The topological polar surface area (TPSA) is 87.7 Å². The lowest BCUT2D eigenvalue weighted by Crippen LogP contribution is -2.24. The average molecular weight is 331 g/mol. The number of aromatic nitrogens is 5. The van der Waals surface area contributed by atoms with Crippen LogP contribution in [-0.4, -0.2) is 25.8 Å². The van der Waals surface area contributed by atoms with Gasteiger partial charge < -0.3 is 5.32 Å². The van der Waals surface area contributed by atoms with E-state index in [-0.39, 0.29) is 5.91 Å². The predicted octanol–water partition coefficient (Wildman–Crippen LogP) is 1.78. The Morgan fingerprint density at radius 3 is 2.72 bits per heavy atom. The van der Waals surface area contributed by atoms with E-state index in [1.807, 2.05) is 40.9 Å². The Labute approximate surface area is 143 Å². The maximum Gasteiger partial charge on any atom is 0.301 e. The van der Waals surface area contributed by atoms with Crippen LogP contribution in [0.25, 0.3) is 5.52 Å². The molecule has 0 aromatic carbocycles. The number of amides is 1. The van der Waals surface area contributed by atoms with Gasteiger partial charge in [0, 0.05) is 18.6 Å². The third-order valence-electron chi connectivity index (χ3n) is 3.85. The molecule has 122 valence electrons. The molecule has 25 heavy (non-hydrogen) atoms. The van der Waals surface area contributed by atoms with Crippen LogP contribution in [0.2, 0.25) is 0 Å². The Hall–Kier alpha value is -3.61. The summed E-state index contributed by atoms with van der Waals surface area (Å²) < 4.78 is 1.98. The zero-order valence-corrected chi connectivity index (χ0v) is 13.3. The Kier molecular flexibility index (Phi) is 3.88. The van der Waals surface area contributed by atoms with Gasteiger partial charge in [0.1, 0.15) is 12.1 Å². The molecule has 0 atom stereocenters. The highest BCUT2D eigenvalue weighted by atomic mass is 16.2. The molecule has 0 fully saturated rings. The fraction of sp³-hybridized carbons (Fsp3) is 0.0556. The summed E-state index contributed by atoms with van der Waals surface area (Å²) in [6, 6.07) is 11.3. The normalized spacial score (nSPS) is 10.7. The molecule has 0 unspecified atom stereocenters. The zero-order valence-electron chi connectivity index (χ0n) is 13.3. The van der Waals surface area contributed by atoms with Crippen molar-refractivity contribution in [3.05, 3.63) is 84.6 Å². The molecule has 0 spiro atoms. The Bertz CT molecular complexity index is 1010. The second-order valence-electron chi connectivity index (χ2n) is 5.48. The van der Waals surface area contributed by atoms with Crippen LogP contribution in [0.4, 0.5) is 5.82 Å². The second-order valence-corrected chi connectivity index (χ2v) is 5.48. The zero-order chi connectivity index (χ0) is 17.1. The number of fused-ring (bicyclic) bond motifs is 1. The van der Waals surface area contributed by atoms with Gasteiger partial charge >= 0.3 is 5.91 Å². The molecule has 0 saturated heterocycles. The van der Waals surface area contributed by atoms with E-state index in [0.29, 0.717) is 17.9 Å². The van der Waals surface area contributed by atoms with Gasteiger partial charge in [0.2, 0.25) is 5.69 Å². The predicted molar refractivity (Wildman–Crippen MR) is 91.0 cm³/mol. The number of carbonyl (C=O) groups is 1. The van der Waals surface area contributed by atoms with Crippen molar-refractivity contribution in [2.75, 3.05) is 5.32 Å². The van der Waals surface area contributed by atoms with Crippen molar-refractivity contribution in [3.8, 4) is 0 Å². The van der Waals surface area contributed by atoms with Gasteiger partial charge in [-0.3, -0.25) is 9.78 Å². The molecule has 0 aliphatic rings. The summed E-state index contributed by atoms with van der Waals surface area (Å²) in [6.07, 6.45) is 9.09. The summed E-state index contributed by atoms with van der Waals surface area (Å²) in [6.45, 7) is 0. The van der Waals surface area contributed by atoms with E-state index in [1.165, 1.54) is 6.33 Å². The number of nitrogens with zero attached hydrogens (tertiary/aromatic N) is 4. The number of H-pyrrole nitrogens is 1. The number of imidazole rings is 1. The monoisotopic (exact) mass is 331 g/mol. The fourth-order valence-corrected chi connectivity index (χ4v) is 2.69. The van der Waals surface area contributed by atoms with E-state index < -0.39 is 0 Å². The number of rotatable bonds is 4. The molecular formula is C18H15N6O+. The second kappa shape index (κ2) is 6.48. The van der Waals surface area contributed by atoms with E-state index in [9.17, 15) is 4.79 Å². The molecule has 4 heterocycles. The fourth-order valence-electron chi connectivity index (χ4n) is 2.69. The molecule has 0 radical (unpaired) electrons. The quantitative estimate of drug-likeness (QED) is 0.558. The number of carbonyl (C=O) groups excluding carboxylic acids is 1. The maximum atomic E-state index is 12.7. The van der Waals surface area contributed by atoms with Gasteiger partial charge in [-0.1, -0.05) is 6.07 Å². The molecule has 0 aliphatic carbocycles. The van der Waals surface area contributed by atoms with Crippen LogP contribution in [0.1, 0.15) is 21.9 Å². The first kappa shape index (κ1) is 14.9. The largest absolute Gasteiger partial charge is 0.303 e. The standard InChI is InChI=1S/C18H14N6O/c25-18(22-15-6-9-20-12-21-15)17-14-3-1-2-10-24(14)16(23-17)11-13-4-7-19-8-5-13/h1-10,12H,11H2,(H,20,21,22,25)/p+1. The summed E-state index contributed by atoms with van der Waals surface area (Å²) in [4.78, 5) is 27.8. The van der Waals surface area contributed by atoms with Crippen LogP contribution >= 0.6 is 0 Å². The van der Waals surface area contributed by atoms with Crippen LogP contribution in [0.5, 0.6) is 0 Å². The lowest BCUT2D eigenvalue weighted by molar-refractivity contribution is -0.520. The van der Waals surface area contributed by atoms with Crippen LogP contribution in [-0.2, 0) is 6.42 Å². The third-order valence-corrected chi connectivity index (χ3v) is 3.85. The Balaban J connectivity index is 1.71. The summed E-state index contributed by atoms with van der Waals surface area (Å²) >= 11 is 0. The highest BCUT2D eigenvalue weighted by molar-refractivity contribution is 6.06. The van der Waals surface area contributed by atoms with Gasteiger partial charge in [-0.05, 0) is 35.9 Å². The molecule has 0 aliphatic heterocycles. The van der Waals surface area contributed by atoms with E-state index in [1.54, 1.807) is 24.7 Å². The van der Waals surface area contributed by atoms with Crippen molar-refractivity contribution in [1.29, 1.82) is 0 Å². The lowest BCUT2D eigenvalue weighted by Gasteiger charge is -1.99. The van der Waals surface area contributed by atoms with E-state index in [2.05, 4.69) is 25.3 Å². The number of pyridine rings is 2. The average Bonchev–Trinajstić information content (AvgIpc) is 3.02. The van der Waals surface area contributed by atoms with Crippen molar-refractivity contribution in [3.63, 3.8) is 0 Å². The van der Waals surface area contributed by atoms with Crippen LogP contribution in [0.3, 0.4) is 0 Å². The summed E-state index contributed by atoms with van der Waals surface area (Å²) in [7, 11) is 0. The molecule has 0 saturated carbocycles. The molecule has 4 aromatic rings. The van der Waals surface area contributed by atoms with Crippen molar-refractivity contribution < 1.29 is 9.20 Å². The van der Waals surface area contributed by atoms with Gasteiger partial charge in [0.15, 0.2) is 5.52 Å². The number of hydrogen-bond acceptors (Lipinski definition) is 4. The molecule has 1 amide bonds. The number of hydrogen-bond donors (Lipinski definition) is 2. The number of anilines is 1. The SMILES string of the molecule is O=C(Nc1ccncn1)c1[nH]c(Cc2ccncc2)[n+]2ccccc12. The van der Waals surface area contributed by atoms with Crippen molar-refractivity contribution in [2.24, 2.45) is 0 Å². The summed E-state index contributed by atoms with van der Waals surface area (Å²) in [5.74, 6) is 1.12. The molecule has 2 N–H and O–H groups in total. The molecule has 4 rings (SSSR count). The van der Waals surface area contributed by atoms with Gasteiger partial charge in [-0.2, -0.15) is 4.40 Å². The minimum atomic E-state index is -0.247. The minimum absolute atomic E-state index is 0.247. The van der Waals surface area contributed by atoms with E-state index in [4.69, 9.17) is 0 Å². The molecule has 7 nitrogen and oxygen atoms in total. The highest BCUT2D eigenvalue weighted by Crippen LogP contribution is 2.12. The molecular weight excluding hydrogens is 316 g/mol. The van der Waals surface area contributed by atoms with E-state index >= 15 is 0 Å². The smallest absolute Gasteiger partial charge is 0.301 e.